The molecule has 1 aliphatic carbocycles. The first-order valence-electron chi connectivity index (χ1n) is 10.3. The molecule has 1 aliphatic heterocycles. The van der Waals surface area contributed by atoms with Gasteiger partial charge in [-0.3, -0.25) is 14.7 Å². The van der Waals surface area contributed by atoms with E-state index in [2.05, 4.69) is 31.8 Å². The minimum absolute atomic E-state index is 0.111. The summed E-state index contributed by atoms with van der Waals surface area (Å²) in [4.78, 5) is 26.2. The third kappa shape index (κ3) is 6.46. The van der Waals surface area contributed by atoms with Crippen molar-refractivity contribution in [1.29, 1.82) is 0 Å². The number of amides is 3. The van der Waals surface area contributed by atoms with Gasteiger partial charge in [0, 0.05) is 26.2 Å². The zero-order valence-electron chi connectivity index (χ0n) is 17.0. The molecule has 0 spiro atoms. The van der Waals surface area contributed by atoms with Crippen LogP contribution in [0.1, 0.15) is 39.0 Å². The van der Waals surface area contributed by atoms with E-state index in [4.69, 9.17) is 4.74 Å². The molecule has 0 atom stereocenters. The van der Waals surface area contributed by atoms with E-state index in [-0.39, 0.29) is 11.7 Å². The van der Waals surface area contributed by atoms with E-state index in [1.807, 2.05) is 11.5 Å². The second-order valence-corrected chi connectivity index (χ2v) is 8.02. The van der Waals surface area contributed by atoms with Crippen LogP contribution in [0.2, 0.25) is 0 Å². The maximum Gasteiger partial charge on any atom is 0.321 e. The van der Waals surface area contributed by atoms with Crippen LogP contribution in [0, 0.1) is 0 Å². The van der Waals surface area contributed by atoms with Gasteiger partial charge in [0.25, 0.3) is 0 Å². The van der Waals surface area contributed by atoms with E-state index in [1.165, 1.54) is 30.2 Å². The number of carbonyl (C=O) groups is 2. The number of allylic oxidation sites excluding steroid dienone is 1. The third-order valence-electron chi connectivity index (χ3n) is 5.01. The summed E-state index contributed by atoms with van der Waals surface area (Å²) < 4.78 is 7.37. The van der Waals surface area contributed by atoms with Crippen molar-refractivity contribution in [3.8, 4) is 0 Å². The molecule has 2 aliphatic rings. The molecule has 160 valence electrons. The van der Waals surface area contributed by atoms with Crippen LogP contribution in [-0.2, 0) is 16.1 Å². The molecule has 0 aromatic carbocycles. The monoisotopic (exact) mass is 422 g/mol. The molecule has 3 rings (SSSR count). The van der Waals surface area contributed by atoms with Crippen molar-refractivity contribution in [3.05, 3.63) is 11.6 Å². The molecule has 0 saturated carbocycles. The molecule has 1 aromatic rings. The van der Waals surface area contributed by atoms with E-state index in [9.17, 15) is 9.59 Å². The van der Waals surface area contributed by atoms with Crippen molar-refractivity contribution in [2.24, 2.45) is 0 Å². The number of nitrogens with zero attached hydrogens (tertiary/aromatic N) is 4. The third-order valence-corrected chi connectivity index (χ3v) is 5.98. The molecule has 2 heterocycles. The lowest BCUT2D eigenvalue weighted by Crippen LogP contribution is -2.40. The number of urea groups is 1. The highest BCUT2D eigenvalue weighted by Gasteiger charge is 2.20. The Labute approximate surface area is 175 Å². The van der Waals surface area contributed by atoms with E-state index < -0.39 is 6.03 Å². The molecule has 9 nitrogen and oxygen atoms in total. The number of ether oxygens (including phenoxy) is 1. The average Bonchev–Trinajstić information content (AvgIpc) is 3.16. The number of morpholine rings is 1. The van der Waals surface area contributed by atoms with Gasteiger partial charge in [0.15, 0.2) is 5.16 Å². The Hall–Kier alpha value is -2.07. The van der Waals surface area contributed by atoms with Crippen molar-refractivity contribution in [3.63, 3.8) is 0 Å². The number of imide groups is 1. The van der Waals surface area contributed by atoms with Crippen LogP contribution >= 0.6 is 11.8 Å². The highest BCUT2D eigenvalue weighted by Crippen LogP contribution is 2.22. The van der Waals surface area contributed by atoms with E-state index in [0.717, 1.165) is 38.3 Å². The first-order valence-corrected chi connectivity index (χ1v) is 11.3. The zero-order valence-corrected chi connectivity index (χ0v) is 17.8. The highest BCUT2D eigenvalue weighted by atomic mass is 32.2. The van der Waals surface area contributed by atoms with Crippen LogP contribution in [0.5, 0.6) is 0 Å². The van der Waals surface area contributed by atoms with Crippen LogP contribution in [0.4, 0.5) is 10.7 Å². The fraction of sp³-hybridized carbons (Fsp3) is 0.684. The number of hydrogen-bond acceptors (Lipinski definition) is 7. The van der Waals surface area contributed by atoms with Crippen LogP contribution in [0.25, 0.3) is 0 Å². The molecule has 29 heavy (non-hydrogen) atoms. The number of anilines is 1. The molecular weight excluding hydrogens is 392 g/mol. The summed E-state index contributed by atoms with van der Waals surface area (Å²) in [5, 5.41) is 14.3. The van der Waals surface area contributed by atoms with E-state index >= 15 is 0 Å². The van der Waals surface area contributed by atoms with Crippen molar-refractivity contribution >= 4 is 29.6 Å². The van der Waals surface area contributed by atoms with Gasteiger partial charge < -0.3 is 15.0 Å². The fourth-order valence-electron chi connectivity index (χ4n) is 3.47. The second kappa shape index (κ2) is 11.2. The summed E-state index contributed by atoms with van der Waals surface area (Å²) in [5.74, 6) is 0.566. The summed E-state index contributed by atoms with van der Waals surface area (Å²) in [7, 11) is 0. The fourth-order valence-corrected chi connectivity index (χ4v) is 4.26. The predicted molar refractivity (Wildman–Crippen MR) is 112 cm³/mol. The van der Waals surface area contributed by atoms with Crippen LogP contribution in [-0.4, -0.2) is 65.3 Å². The minimum atomic E-state index is -0.446. The molecule has 0 unspecified atom stereocenters. The Kier molecular flexibility index (Phi) is 8.36. The summed E-state index contributed by atoms with van der Waals surface area (Å²) in [6.07, 6.45) is 7.84. The maximum atomic E-state index is 12.1. The first-order chi connectivity index (χ1) is 14.2. The lowest BCUT2D eigenvalue weighted by atomic mass is 9.97. The van der Waals surface area contributed by atoms with Gasteiger partial charge in [0.2, 0.25) is 11.9 Å². The molecular formula is C19H30N6O3S. The minimum Gasteiger partial charge on any atom is -0.378 e. The Bertz CT molecular complexity index is 730. The molecule has 10 heteroatoms. The number of hydrogen-bond donors (Lipinski definition) is 2. The quantitative estimate of drug-likeness (QED) is 0.488. The summed E-state index contributed by atoms with van der Waals surface area (Å²) in [5.41, 5.74) is 1.40. The van der Waals surface area contributed by atoms with E-state index in [0.29, 0.717) is 31.5 Å². The van der Waals surface area contributed by atoms with Crippen molar-refractivity contribution in [2.45, 2.75) is 50.7 Å². The number of rotatable bonds is 8. The highest BCUT2D eigenvalue weighted by molar-refractivity contribution is 7.99. The van der Waals surface area contributed by atoms with Crippen LogP contribution in [0.15, 0.2) is 16.8 Å². The van der Waals surface area contributed by atoms with Gasteiger partial charge in [0.05, 0.1) is 19.0 Å². The maximum absolute atomic E-state index is 12.1. The first kappa shape index (κ1) is 21.6. The molecule has 1 saturated heterocycles. The normalized spacial score (nSPS) is 17.0. The van der Waals surface area contributed by atoms with Gasteiger partial charge in [-0.1, -0.05) is 23.4 Å². The SMILES string of the molecule is CCn1c(SCC(=O)NC(=O)NCCC2=CCCCC2)nnc1N1CCOCC1. The zero-order chi connectivity index (χ0) is 20.5. The summed E-state index contributed by atoms with van der Waals surface area (Å²) in [6, 6.07) is -0.446. The molecule has 2 N–H and O–H groups in total. The second-order valence-electron chi connectivity index (χ2n) is 7.08. The molecule has 0 bridgehead atoms. The molecule has 1 fully saturated rings. The largest absolute Gasteiger partial charge is 0.378 e. The number of carbonyl (C=O) groups excluding carboxylic acids is 2. The Morgan fingerprint density at radius 3 is 2.79 bits per heavy atom. The van der Waals surface area contributed by atoms with Crippen molar-refractivity contribution in [1.82, 2.24) is 25.4 Å². The molecule has 1 aromatic heterocycles. The Morgan fingerprint density at radius 2 is 2.07 bits per heavy atom. The number of nitrogens with one attached hydrogen (secondary N) is 2. The van der Waals surface area contributed by atoms with Crippen molar-refractivity contribution < 1.29 is 14.3 Å². The summed E-state index contributed by atoms with van der Waals surface area (Å²) in [6.45, 7) is 6.18. The summed E-state index contributed by atoms with van der Waals surface area (Å²) >= 11 is 1.28. The standard InChI is InChI=1S/C19H30N6O3S/c1-2-25-18(24-10-12-28-13-11-24)22-23-19(25)29-14-16(26)21-17(27)20-9-8-15-6-4-3-5-7-15/h6H,2-5,7-14H2,1H3,(H2,20,21,26,27). The van der Waals surface area contributed by atoms with Gasteiger partial charge >= 0.3 is 6.03 Å². The smallest absolute Gasteiger partial charge is 0.321 e. The lowest BCUT2D eigenvalue weighted by Gasteiger charge is -2.27. The average molecular weight is 423 g/mol. The number of aromatic nitrogens is 3. The van der Waals surface area contributed by atoms with Gasteiger partial charge in [0.1, 0.15) is 0 Å². The van der Waals surface area contributed by atoms with Gasteiger partial charge in [-0.15, -0.1) is 10.2 Å². The molecule has 3 amide bonds. The van der Waals surface area contributed by atoms with E-state index in [1.54, 1.807) is 0 Å². The van der Waals surface area contributed by atoms with Crippen molar-refractivity contribution in [2.75, 3.05) is 43.5 Å². The van der Waals surface area contributed by atoms with Gasteiger partial charge in [-0.05, 0) is 39.0 Å². The number of thioether (sulfide) groups is 1. The van der Waals surface area contributed by atoms with Crippen LogP contribution < -0.4 is 15.5 Å². The topological polar surface area (TPSA) is 101 Å². The molecule has 0 radical (unpaired) electrons. The predicted octanol–water partition coefficient (Wildman–Crippen LogP) is 1.94. The van der Waals surface area contributed by atoms with Crippen LogP contribution in [0.3, 0.4) is 0 Å². The Morgan fingerprint density at radius 1 is 1.24 bits per heavy atom. The van der Waals surface area contributed by atoms with Gasteiger partial charge in [-0.25, -0.2) is 4.79 Å². The lowest BCUT2D eigenvalue weighted by molar-refractivity contribution is -0.117. The Balaban J connectivity index is 1.41. The van der Waals surface area contributed by atoms with Gasteiger partial charge in [-0.2, -0.15) is 0 Å².